The van der Waals surface area contributed by atoms with Gasteiger partial charge in [0.1, 0.15) is 0 Å². The number of benzene rings is 1. The highest BCUT2D eigenvalue weighted by molar-refractivity contribution is 6.01. The number of imide groups is 1. The highest BCUT2D eigenvalue weighted by atomic mass is 16.7. The van der Waals surface area contributed by atoms with Crippen molar-refractivity contribution in [2.75, 3.05) is 53.2 Å². The maximum atomic E-state index is 13.4. The fourth-order valence-electron chi connectivity index (χ4n) is 5.83. The van der Waals surface area contributed by atoms with Crippen LogP contribution >= 0.6 is 0 Å². The van der Waals surface area contributed by atoms with Gasteiger partial charge >= 0.3 is 5.97 Å². The number of likely N-dealkylation sites (tertiary alicyclic amines) is 2. The number of carbonyl (C=O) groups is 4. The number of fused-ring (bicyclic) bond motifs is 1. The monoisotopic (exact) mass is 546 g/mol. The molecule has 1 aromatic rings. The second-order valence-corrected chi connectivity index (χ2v) is 10.2. The summed E-state index contributed by atoms with van der Waals surface area (Å²) in [6, 6.07) is 2.94. The van der Waals surface area contributed by atoms with E-state index in [1.807, 2.05) is 11.8 Å². The van der Waals surface area contributed by atoms with Crippen molar-refractivity contribution in [2.45, 2.75) is 51.0 Å². The fourth-order valence-corrected chi connectivity index (χ4v) is 5.83. The van der Waals surface area contributed by atoms with Crippen molar-refractivity contribution in [3.63, 3.8) is 0 Å². The topological polar surface area (TPSA) is 152 Å². The number of hydrogen-bond acceptors (Lipinski definition) is 9. The van der Waals surface area contributed by atoms with E-state index < -0.39 is 23.8 Å². The number of methoxy groups -OCH3 is 1. The second-order valence-electron chi connectivity index (χ2n) is 10.2. The molecule has 214 valence electrons. The molecule has 2 saturated heterocycles. The summed E-state index contributed by atoms with van der Waals surface area (Å²) in [7, 11) is 1.50. The zero-order chi connectivity index (χ0) is 28.1. The minimum Gasteiger partial charge on any atom is -0.493 e. The van der Waals surface area contributed by atoms with E-state index in [4.69, 9.17) is 19.9 Å². The maximum Gasteiger partial charge on any atom is 0.308 e. The van der Waals surface area contributed by atoms with E-state index in [0.29, 0.717) is 49.0 Å². The summed E-state index contributed by atoms with van der Waals surface area (Å²) >= 11 is 0. The lowest BCUT2D eigenvalue weighted by molar-refractivity contribution is -0.144. The van der Waals surface area contributed by atoms with Crippen LogP contribution in [0, 0.1) is 5.92 Å². The first-order valence-corrected chi connectivity index (χ1v) is 13.5. The Labute approximate surface area is 227 Å². The van der Waals surface area contributed by atoms with E-state index in [9.17, 15) is 24.3 Å². The molecule has 39 heavy (non-hydrogen) atoms. The number of hydrogen-bond donors (Lipinski definition) is 2. The minimum absolute atomic E-state index is 0.0121. The van der Waals surface area contributed by atoms with E-state index in [2.05, 4.69) is 0 Å². The number of carboxylic acids is 1. The third kappa shape index (κ3) is 6.11. The Hall–Kier alpha value is -3.38. The van der Waals surface area contributed by atoms with E-state index in [1.54, 1.807) is 17.0 Å². The second kappa shape index (κ2) is 12.6. The van der Waals surface area contributed by atoms with E-state index in [1.165, 1.54) is 12.0 Å². The number of nitrogens with zero attached hydrogens (tertiary/aromatic N) is 3. The summed E-state index contributed by atoms with van der Waals surface area (Å²) in [6.45, 7) is 3.82. The molecule has 12 nitrogen and oxygen atoms in total. The Morgan fingerprint density at radius 1 is 1.18 bits per heavy atom. The molecule has 4 rings (SSSR count). The molecule has 3 heterocycles. The van der Waals surface area contributed by atoms with Crippen LogP contribution in [0.25, 0.3) is 0 Å². The van der Waals surface area contributed by atoms with E-state index in [-0.39, 0.29) is 56.9 Å². The molecule has 2 fully saturated rings. The number of carboxylic acid groups (broad SMARTS) is 1. The summed E-state index contributed by atoms with van der Waals surface area (Å²) < 4.78 is 16.6. The van der Waals surface area contributed by atoms with Gasteiger partial charge < -0.3 is 30.0 Å². The van der Waals surface area contributed by atoms with Gasteiger partial charge in [-0.25, -0.2) is 0 Å². The lowest BCUT2D eigenvalue weighted by atomic mass is 9.84. The molecule has 3 aliphatic heterocycles. The Bertz CT molecular complexity index is 1080. The van der Waals surface area contributed by atoms with Gasteiger partial charge in [-0.1, -0.05) is 13.3 Å². The summed E-state index contributed by atoms with van der Waals surface area (Å²) in [4.78, 5) is 55.4. The van der Waals surface area contributed by atoms with Crippen molar-refractivity contribution in [3.05, 3.63) is 17.7 Å². The van der Waals surface area contributed by atoms with Crippen molar-refractivity contribution >= 4 is 23.7 Å². The fraction of sp³-hybridized carbons (Fsp3) is 0.630. The van der Waals surface area contributed by atoms with Crippen LogP contribution in [0.1, 0.15) is 50.5 Å². The Morgan fingerprint density at radius 3 is 2.56 bits per heavy atom. The predicted molar refractivity (Wildman–Crippen MR) is 139 cm³/mol. The van der Waals surface area contributed by atoms with Gasteiger partial charge in [-0.15, -0.1) is 0 Å². The van der Waals surface area contributed by atoms with Crippen LogP contribution in [-0.2, 0) is 19.2 Å². The third-order valence-corrected chi connectivity index (χ3v) is 7.82. The van der Waals surface area contributed by atoms with E-state index >= 15 is 0 Å². The molecule has 0 spiro atoms. The number of carbonyl (C=O) groups excluding carboxylic acids is 3. The van der Waals surface area contributed by atoms with Crippen LogP contribution in [0.15, 0.2) is 12.1 Å². The number of aliphatic carboxylic acids is 1. The number of amides is 3. The molecule has 0 bridgehead atoms. The van der Waals surface area contributed by atoms with Crippen LogP contribution in [0.3, 0.4) is 0 Å². The SMILES string of the molecule is CCCCN(CCN)C(=O)CN1C[C@H](c2cc(OC)c3c(c2)OCO3)[C@@H](C(=O)O)[C@@H]1CCN1C(=O)CCC1=O. The van der Waals surface area contributed by atoms with E-state index in [0.717, 1.165) is 12.8 Å². The lowest BCUT2D eigenvalue weighted by Crippen LogP contribution is -2.46. The summed E-state index contributed by atoms with van der Waals surface area (Å²) in [5.41, 5.74) is 6.46. The first-order chi connectivity index (χ1) is 18.8. The molecule has 0 aromatic heterocycles. The Kier molecular flexibility index (Phi) is 9.28. The van der Waals surface area contributed by atoms with Crippen molar-refractivity contribution in [1.29, 1.82) is 0 Å². The molecule has 0 saturated carbocycles. The number of ether oxygens (including phenoxy) is 3. The molecule has 0 aliphatic carbocycles. The van der Waals surface area contributed by atoms with Crippen molar-refractivity contribution in [3.8, 4) is 17.2 Å². The minimum atomic E-state index is -1.01. The molecular formula is C27H38N4O8. The zero-order valence-electron chi connectivity index (χ0n) is 22.6. The normalized spacial score (nSPS) is 22.5. The van der Waals surface area contributed by atoms with Crippen LogP contribution in [0.4, 0.5) is 0 Å². The highest BCUT2D eigenvalue weighted by Crippen LogP contribution is 2.47. The van der Waals surface area contributed by atoms with Crippen molar-refractivity contribution in [1.82, 2.24) is 14.7 Å². The Morgan fingerprint density at radius 2 is 1.92 bits per heavy atom. The lowest BCUT2D eigenvalue weighted by Gasteiger charge is -2.30. The molecular weight excluding hydrogens is 508 g/mol. The quantitative estimate of drug-likeness (QED) is 0.343. The average Bonchev–Trinajstić information content (AvgIpc) is 3.62. The number of rotatable bonds is 13. The van der Waals surface area contributed by atoms with Crippen LogP contribution in [-0.4, -0.2) is 103 Å². The Balaban J connectivity index is 1.64. The predicted octanol–water partition coefficient (Wildman–Crippen LogP) is 1.02. The molecule has 3 amide bonds. The molecule has 3 N–H and O–H groups in total. The van der Waals surface area contributed by atoms with Crippen LogP contribution in [0.2, 0.25) is 0 Å². The van der Waals surface area contributed by atoms with Gasteiger partial charge in [0.2, 0.25) is 30.3 Å². The summed E-state index contributed by atoms with van der Waals surface area (Å²) in [5.74, 6) is -1.65. The summed E-state index contributed by atoms with van der Waals surface area (Å²) in [5, 5.41) is 10.4. The highest BCUT2D eigenvalue weighted by Gasteiger charge is 2.48. The van der Waals surface area contributed by atoms with Gasteiger partial charge in [-0.2, -0.15) is 0 Å². The molecule has 1 aromatic carbocycles. The van der Waals surface area contributed by atoms with Gasteiger partial charge in [0.05, 0.1) is 19.6 Å². The first kappa shape index (κ1) is 28.6. The van der Waals surface area contributed by atoms with Gasteiger partial charge in [-0.05, 0) is 30.5 Å². The third-order valence-electron chi connectivity index (χ3n) is 7.82. The van der Waals surface area contributed by atoms with Gasteiger partial charge in [-0.3, -0.25) is 29.0 Å². The smallest absolute Gasteiger partial charge is 0.308 e. The first-order valence-electron chi connectivity index (χ1n) is 13.5. The largest absolute Gasteiger partial charge is 0.493 e. The molecule has 0 radical (unpaired) electrons. The number of unbranched alkanes of at least 4 members (excludes halogenated alkanes) is 1. The zero-order valence-corrected chi connectivity index (χ0v) is 22.6. The van der Waals surface area contributed by atoms with Gasteiger partial charge in [0.15, 0.2) is 11.5 Å². The average molecular weight is 547 g/mol. The van der Waals surface area contributed by atoms with Gasteiger partial charge in [0.25, 0.3) is 0 Å². The molecule has 0 unspecified atom stereocenters. The standard InChI is InChI=1S/C27H38N4O8/c1-3-4-9-29(11-8-28)24(34)15-30-14-18(17-12-20(37-2)26-21(13-17)38-16-39-26)25(27(35)36)19(30)7-10-31-22(32)5-6-23(31)33/h12-13,18-19,25H,3-11,14-16,28H2,1-2H3,(H,35,36)/t18-,19+,25-/m1/s1. The van der Waals surface area contributed by atoms with Crippen LogP contribution in [0.5, 0.6) is 17.2 Å². The van der Waals surface area contributed by atoms with Crippen LogP contribution < -0.4 is 19.9 Å². The maximum absolute atomic E-state index is 13.4. The number of nitrogens with two attached hydrogens (primary N) is 1. The molecule has 3 atom stereocenters. The molecule has 3 aliphatic rings. The van der Waals surface area contributed by atoms with Crippen molar-refractivity contribution in [2.24, 2.45) is 11.7 Å². The molecule has 12 heteroatoms. The van der Waals surface area contributed by atoms with Gasteiger partial charge in [0, 0.05) is 57.5 Å². The summed E-state index contributed by atoms with van der Waals surface area (Å²) in [6.07, 6.45) is 2.34. The van der Waals surface area contributed by atoms with Crippen molar-refractivity contribution < 1.29 is 38.5 Å².